The van der Waals surface area contributed by atoms with Gasteiger partial charge in [0, 0.05) is 5.92 Å². The second-order valence-corrected chi connectivity index (χ2v) is 5.61. The maximum absolute atomic E-state index is 5.95. The molecule has 2 aliphatic carbocycles. The van der Waals surface area contributed by atoms with Crippen LogP contribution < -0.4 is 0 Å². The van der Waals surface area contributed by atoms with E-state index in [-0.39, 0.29) is 5.60 Å². The van der Waals surface area contributed by atoms with Crippen molar-refractivity contribution in [1.29, 1.82) is 0 Å². The standard InChI is InChI=1S/C14H22O2/c1-11(15-9-7-12-5-6-12)13-4-2-3-8-14(13)10-16-14/h7,11,13H,2-6,8-10H2,1H3. The molecule has 3 rings (SSSR count). The van der Waals surface area contributed by atoms with Gasteiger partial charge in [-0.3, -0.25) is 0 Å². The number of hydrogen-bond donors (Lipinski definition) is 0. The first kappa shape index (κ1) is 10.8. The van der Waals surface area contributed by atoms with E-state index in [1.165, 1.54) is 38.5 Å². The maximum atomic E-state index is 5.95. The van der Waals surface area contributed by atoms with Crippen molar-refractivity contribution in [3.63, 3.8) is 0 Å². The van der Waals surface area contributed by atoms with Gasteiger partial charge in [0.1, 0.15) is 0 Å². The Bertz CT molecular complexity index is 285. The summed E-state index contributed by atoms with van der Waals surface area (Å²) in [6.45, 7) is 4.01. The van der Waals surface area contributed by atoms with E-state index in [0.29, 0.717) is 12.0 Å². The minimum atomic E-state index is 0.227. The molecular weight excluding hydrogens is 200 g/mol. The van der Waals surface area contributed by atoms with E-state index in [2.05, 4.69) is 13.0 Å². The molecule has 1 heterocycles. The summed E-state index contributed by atoms with van der Waals surface area (Å²) in [6, 6.07) is 0. The predicted octanol–water partition coefficient (Wildman–Crippen LogP) is 3.07. The monoisotopic (exact) mass is 222 g/mol. The van der Waals surface area contributed by atoms with E-state index < -0.39 is 0 Å². The van der Waals surface area contributed by atoms with Gasteiger partial charge in [-0.1, -0.05) is 24.5 Å². The van der Waals surface area contributed by atoms with E-state index in [1.807, 2.05) is 0 Å². The molecule has 0 bridgehead atoms. The SMILES string of the molecule is CC(OCC=C1CC1)C1CCCCC12CO2. The molecule has 3 aliphatic rings. The molecule has 0 aromatic rings. The van der Waals surface area contributed by atoms with E-state index in [0.717, 1.165) is 13.2 Å². The van der Waals surface area contributed by atoms with Crippen LogP contribution in [0.1, 0.15) is 45.4 Å². The fraction of sp³-hybridized carbons (Fsp3) is 0.857. The van der Waals surface area contributed by atoms with Crippen LogP contribution in [0.15, 0.2) is 11.6 Å². The molecule has 3 unspecified atom stereocenters. The summed E-state index contributed by atoms with van der Waals surface area (Å²) in [7, 11) is 0. The Morgan fingerprint density at radius 2 is 2.31 bits per heavy atom. The molecule has 2 saturated carbocycles. The molecule has 2 nitrogen and oxygen atoms in total. The largest absolute Gasteiger partial charge is 0.374 e. The molecule has 3 fully saturated rings. The van der Waals surface area contributed by atoms with Gasteiger partial charge < -0.3 is 9.47 Å². The molecule has 1 aliphatic heterocycles. The molecule has 3 atom stereocenters. The molecule has 16 heavy (non-hydrogen) atoms. The molecule has 0 aromatic heterocycles. The van der Waals surface area contributed by atoms with Crippen LogP contribution in [0.5, 0.6) is 0 Å². The fourth-order valence-electron chi connectivity index (χ4n) is 3.06. The molecule has 2 heteroatoms. The Labute approximate surface area is 98.0 Å². The summed E-state index contributed by atoms with van der Waals surface area (Å²) in [6.07, 6.45) is 10.5. The number of ether oxygens (including phenoxy) is 2. The van der Waals surface area contributed by atoms with Gasteiger partial charge >= 0.3 is 0 Å². The highest BCUT2D eigenvalue weighted by atomic mass is 16.6. The maximum Gasteiger partial charge on any atom is 0.0969 e. The van der Waals surface area contributed by atoms with Crippen LogP contribution in [0.25, 0.3) is 0 Å². The number of rotatable bonds is 4. The topological polar surface area (TPSA) is 21.8 Å². The summed E-state index contributed by atoms with van der Waals surface area (Å²) in [5, 5.41) is 0. The molecule has 0 radical (unpaired) electrons. The second kappa shape index (κ2) is 4.15. The second-order valence-electron chi connectivity index (χ2n) is 5.61. The Morgan fingerprint density at radius 1 is 1.50 bits per heavy atom. The van der Waals surface area contributed by atoms with E-state index in [4.69, 9.17) is 9.47 Å². The lowest BCUT2D eigenvalue weighted by molar-refractivity contribution is -0.00802. The third kappa shape index (κ3) is 2.18. The number of hydrogen-bond acceptors (Lipinski definition) is 2. The lowest BCUT2D eigenvalue weighted by atomic mass is 9.76. The summed E-state index contributed by atoms with van der Waals surface area (Å²) >= 11 is 0. The highest BCUT2D eigenvalue weighted by Crippen LogP contribution is 2.48. The zero-order valence-corrected chi connectivity index (χ0v) is 10.2. The van der Waals surface area contributed by atoms with Crippen molar-refractivity contribution in [3.05, 3.63) is 11.6 Å². The van der Waals surface area contributed by atoms with Gasteiger partial charge in [-0.25, -0.2) is 0 Å². The van der Waals surface area contributed by atoms with Crippen molar-refractivity contribution in [3.8, 4) is 0 Å². The third-order valence-corrected chi connectivity index (χ3v) is 4.39. The Balaban J connectivity index is 1.52. The molecule has 0 N–H and O–H groups in total. The number of epoxide rings is 1. The lowest BCUT2D eigenvalue weighted by Gasteiger charge is -2.33. The van der Waals surface area contributed by atoms with Crippen LogP contribution in [0.2, 0.25) is 0 Å². The summed E-state index contributed by atoms with van der Waals surface area (Å²) in [5.74, 6) is 0.638. The third-order valence-electron chi connectivity index (χ3n) is 4.39. The smallest absolute Gasteiger partial charge is 0.0969 e. The first-order valence-electron chi connectivity index (χ1n) is 6.74. The Morgan fingerprint density at radius 3 is 3.00 bits per heavy atom. The van der Waals surface area contributed by atoms with Crippen LogP contribution in [0.3, 0.4) is 0 Å². The summed E-state index contributed by atoms with van der Waals surface area (Å²) in [4.78, 5) is 0. The predicted molar refractivity (Wildman–Crippen MR) is 63.4 cm³/mol. The van der Waals surface area contributed by atoms with E-state index in [9.17, 15) is 0 Å². The molecule has 90 valence electrons. The average Bonchev–Trinajstić information content (AvgIpc) is 3.17. The van der Waals surface area contributed by atoms with Crippen LogP contribution in [0, 0.1) is 5.92 Å². The molecule has 0 amide bonds. The van der Waals surface area contributed by atoms with Crippen LogP contribution in [-0.4, -0.2) is 24.9 Å². The van der Waals surface area contributed by atoms with Gasteiger partial charge in [-0.2, -0.15) is 0 Å². The molecule has 0 aromatic carbocycles. The van der Waals surface area contributed by atoms with E-state index >= 15 is 0 Å². The molecular formula is C14H22O2. The van der Waals surface area contributed by atoms with Gasteiger partial charge in [0.25, 0.3) is 0 Å². The van der Waals surface area contributed by atoms with Crippen molar-refractivity contribution in [2.45, 2.75) is 57.2 Å². The Kier molecular flexibility index (Phi) is 2.80. The molecule has 1 spiro atoms. The van der Waals surface area contributed by atoms with Gasteiger partial charge in [-0.05, 0) is 32.6 Å². The van der Waals surface area contributed by atoms with E-state index in [1.54, 1.807) is 5.57 Å². The lowest BCUT2D eigenvalue weighted by Crippen LogP contribution is -2.37. The summed E-state index contributed by atoms with van der Waals surface area (Å²) in [5.41, 5.74) is 1.80. The van der Waals surface area contributed by atoms with Gasteiger partial charge in [0.2, 0.25) is 0 Å². The quantitative estimate of drug-likeness (QED) is 0.538. The average molecular weight is 222 g/mol. The van der Waals surface area contributed by atoms with Gasteiger partial charge in [-0.15, -0.1) is 0 Å². The van der Waals surface area contributed by atoms with Crippen LogP contribution in [0.4, 0.5) is 0 Å². The first-order valence-corrected chi connectivity index (χ1v) is 6.74. The highest BCUT2D eigenvalue weighted by Gasteiger charge is 2.54. The van der Waals surface area contributed by atoms with Crippen molar-refractivity contribution in [2.24, 2.45) is 5.92 Å². The number of allylic oxidation sites excluding steroid dienone is 1. The zero-order valence-electron chi connectivity index (χ0n) is 10.2. The molecule has 1 saturated heterocycles. The minimum Gasteiger partial charge on any atom is -0.374 e. The summed E-state index contributed by atoms with van der Waals surface area (Å²) < 4.78 is 11.7. The van der Waals surface area contributed by atoms with Gasteiger partial charge in [0.05, 0.1) is 24.9 Å². The van der Waals surface area contributed by atoms with Crippen molar-refractivity contribution in [1.82, 2.24) is 0 Å². The van der Waals surface area contributed by atoms with Crippen molar-refractivity contribution < 1.29 is 9.47 Å². The highest BCUT2D eigenvalue weighted by molar-refractivity contribution is 5.16. The normalized spacial score (nSPS) is 38.6. The Hall–Kier alpha value is -0.340. The van der Waals surface area contributed by atoms with Crippen LogP contribution in [-0.2, 0) is 9.47 Å². The zero-order chi connectivity index (χ0) is 11.0. The van der Waals surface area contributed by atoms with Crippen LogP contribution >= 0.6 is 0 Å². The first-order chi connectivity index (χ1) is 7.80. The minimum absolute atomic E-state index is 0.227. The van der Waals surface area contributed by atoms with Crippen molar-refractivity contribution >= 4 is 0 Å². The fourth-order valence-corrected chi connectivity index (χ4v) is 3.06. The van der Waals surface area contributed by atoms with Gasteiger partial charge in [0.15, 0.2) is 0 Å². The van der Waals surface area contributed by atoms with Crippen molar-refractivity contribution in [2.75, 3.05) is 13.2 Å².